The molecule has 0 unspecified atom stereocenters. The van der Waals surface area contributed by atoms with Crippen LogP contribution in [0.2, 0.25) is 0 Å². The normalized spacial score (nSPS) is 11.7. The molecular weight excluding hydrogens is 387 g/mol. The van der Waals surface area contributed by atoms with Crippen molar-refractivity contribution in [2.24, 2.45) is 0 Å². The van der Waals surface area contributed by atoms with Crippen LogP contribution < -0.4 is 15.0 Å². The number of rotatable bonds is 5. The third-order valence-electron chi connectivity index (χ3n) is 4.56. The molecule has 0 fully saturated rings. The van der Waals surface area contributed by atoms with Gasteiger partial charge in [0.2, 0.25) is 5.70 Å². The number of thiocarbonyl (C=S) groups is 1. The van der Waals surface area contributed by atoms with Gasteiger partial charge in [0.05, 0.1) is 6.61 Å². The molecule has 6 heteroatoms. The fourth-order valence-corrected chi connectivity index (χ4v) is 3.32. The number of anilines is 1. The highest BCUT2D eigenvalue weighted by Gasteiger charge is 2.20. The van der Waals surface area contributed by atoms with E-state index in [-0.39, 0.29) is 23.1 Å². The van der Waals surface area contributed by atoms with Gasteiger partial charge in [-0.2, -0.15) is 4.57 Å². The largest absolute Gasteiger partial charge is 0.867 e. The van der Waals surface area contributed by atoms with Gasteiger partial charge in [-0.3, -0.25) is 0 Å². The maximum absolute atomic E-state index is 13.3. The van der Waals surface area contributed by atoms with Crippen molar-refractivity contribution in [2.75, 3.05) is 5.32 Å². The highest BCUT2D eigenvalue weighted by atomic mass is 32.1. The van der Waals surface area contributed by atoms with E-state index in [1.807, 2.05) is 32.0 Å². The van der Waals surface area contributed by atoms with Crippen LogP contribution in [0.3, 0.4) is 0 Å². The predicted octanol–water partition coefficient (Wildman–Crippen LogP) is 3.35. The Morgan fingerprint density at radius 1 is 1.07 bits per heavy atom. The first kappa shape index (κ1) is 20.6. The third kappa shape index (κ3) is 4.67. The lowest BCUT2D eigenvalue weighted by Crippen LogP contribution is -2.40. The van der Waals surface area contributed by atoms with Crippen molar-refractivity contribution in [1.82, 2.24) is 0 Å². The number of hydrogen-bond acceptors (Lipinski definition) is 3. The molecule has 0 radical (unpaired) electrons. The van der Waals surface area contributed by atoms with Gasteiger partial charge in [0.15, 0.2) is 17.4 Å². The average Bonchev–Trinajstić information content (AvgIpc) is 2.71. The number of hydrogen-bond donors (Lipinski definition) is 2. The molecule has 0 saturated carbocycles. The SMILES string of the molecule is Cc1cccc(C)c1NC(=S)C(=C([O-])c1ccc(F)cc1)[n+]1cccc(CO)c1. The van der Waals surface area contributed by atoms with E-state index in [0.717, 1.165) is 16.8 Å². The summed E-state index contributed by atoms with van der Waals surface area (Å²) in [6.45, 7) is 3.74. The molecule has 1 heterocycles. The van der Waals surface area contributed by atoms with E-state index in [2.05, 4.69) is 5.32 Å². The number of pyridine rings is 1. The molecule has 29 heavy (non-hydrogen) atoms. The number of aryl methyl sites for hydroxylation is 2. The van der Waals surface area contributed by atoms with E-state index in [1.54, 1.807) is 29.1 Å². The predicted molar refractivity (Wildman–Crippen MR) is 114 cm³/mol. The summed E-state index contributed by atoms with van der Waals surface area (Å²) in [6.07, 6.45) is 3.34. The molecule has 0 aliphatic rings. The molecule has 3 rings (SSSR count). The fraction of sp³-hybridized carbons (Fsp3) is 0.130. The second kappa shape index (κ2) is 8.94. The van der Waals surface area contributed by atoms with E-state index in [9.17, 15) is 14.6 Å². The Balaban J connectivity index is 2.13. The van der Waals surface area contributed by atoms with Crippen molar-refractivity contribution in [3.8, 4) is 0 Å². The number of nitrogens with one attached hydrogen (secondary N) is 1. The molecule has 2 N–H and O–H groups in total. The molecule has 4 nitrogen and oxygen atoms in total. The highest BCUT2D eigenvalue weighted by Crippen LogP contribution is 2.22. The van der Waals surface area contributed by atoms with Crippen LogP contribution in [0.1, 0.15) is 22.3 Å². The molecular formula is C23H21FN2O2S. The number of aliphatic hydroxyl groups excluding tert-OH is 1. The molecule has 0 atom stereocenters. The summed E-state index contributed by atoms with van der Waals surface area (Å²) < 4.78 is 14.9. The number of para-hydroxylation sites is 1. The molecule has 0 aliphatic heterocycles. The lowest BCUT2D eigenvalue weighted by Gasteiger charge is -2.18. The minimum Gasteiger partial charge on any atom is -0.867 e. The van der Waals surface area contributed by atoms with Crippen molar-refractivity contribution in [2.45, 2.75) is 20.5 Å². The van der Waals surface area contributed by atoms with E-state index in [4.69, 9.17) is 12.2 Å². The maximum atomic E-state index is 13.3. The standard InChI is InChI=1S/C23H21FN2O2S/c1-15-5-3-6-16(2)20(15)25-23(29)21(26-12-4-7-17(13-26)14-27)22(28)18-8-10-19(24)11-9-18/h3-13,27H,14H2,1-2H3,(H-,25,28,29). The average molecular weight is 408 g/mol. The van der Waals surface area contributed by atoms with E-state index in [1.165, 1.54) is 24.3 Å². The van der Waals surface area contributed by atoms with Crippen LogP contribution in [0.4, 0.5) is 10.1 Å². The zero-order valence-electron chi connectivity index (χ0n) is 16.1. The quantitative estimate of drug-likeness (QED) is 0.294. The van der Waals surface area contributed by atoms with Crippen LogP contribution in [0.15, 0.2) is 67.0 Å². The second-order valence-corrected chi connectivity index (χ2v) is 7.09. The smallest absolute Gasteiger partial charge is 0.238 e. The van der Waals surface area contributed by atoms with Crippen LogP contribution in [-0.2, 0) is 6.61 Å². The third-order valence-corrected chi connectivity index (χ3v) is 4.85. The molecule has 0 amide bonds. The first-order valence-electron chi connectivity index (χ1n) is 9.07. The molecule has 0 spiro atoms. The van der Waals surface area contributed by atoms with Crippen molar-refractivity contribution >= 4 is 34.3 Å². The zero-order valence-corrected chi connectivity index (χ0v) is 17.0. The lowest BCUT2D eigenvalue weighted by molar-refractivity contribution is -0.578. The van der Waals surface area contributed by atoms with Gasteiger partial charge in [0.1, 0.15) is 5.82 Å². The van der Waals surface area contributed by atoms with Crippen molar-refractivity contribution in [3.05, 3.63) is 95.1 Å². The number of benzene rings is 2. The fourth-order valence-electron chi connectivity index (χ4n) is 3.02. The molecule has 1 aromatic heterocycles. The van der Waals surface area contributed by atoms with Crippen molar-refractivity contribution < 1.29 is 19.2 Å². The first-order valence-corrected chi connectivity index (χ1v) is 9.47. The van der Waals surface area contributed by atoms with Gasteiger partial charge in [-0.1, -0.05) is 42.5 Å². The Morgan fingerprint density at radius 2 is 1.72 bits per heavy atom. The molecule has 0 aliphatic carbocycles. The molecule has 2 aromatic carbocycles. The van der Waals surface area contributed by atoms with Gasteiger partial charge in [0.25, 0.3) is 0 Å². The summed E-state index contributed by atoms with van der Waals surface area (Å²) in [5.74, 6) is -0.775. The summed E-state index contributed by atoms with van der Waals surface area (Å²) in [4.78, 5) is 0.233. The monoisotopic (exact) mass is 408 g/mol. The van der Waals surface area contributed by atoms with Gasteiger partial charge in [-0.05, 0) is 54.5 Å². The molecule has 148 valence electrons. The number of aliphatic hydroxyl groups is 1. The molecule has 3 aromatic rings. The van der Waals surface area contributed by atoms with Crippen LogP contribution in [0, 0.1) is 19.7 Å². The Labute approximate surface area is 174 Å². The van der Waals surface area contributed by atoms with Crippen LogP contribution in [0.5, 0.6) is 0 Å². The Hall–Kier alpha value is -3.09. The van der Waals surface area contributed by atoms with E-state index in [0.29, 0.717) is 11.1 Å². The van der Waals surface area contributed by atoms with Crippen molar-refractivity contribution in [3.63, 3.8) is 0 Å². The minimum absolute atomic E-state index is 0.171. The molecule has 0 saturated heterocycles. The molecule has 0 bridgehead atoms. The van der Waals surface area contributed by atoms with Gasteiger partial charge in [-0.15, -0.1) is 0 Å². The summed E-state index contributed by atoms with van der Waals surface area (Å²) in [5.41, 5.74) is 3.98. The summed E-state index contributed by atoms with van der Waals surface area (Å²) in [5, 5.41) is 26.0. The summed E-state index contributed by atoms with van der Waals surface area (Å²) in [6, 6.07) is 14.7. The first-order chi connectivity index (χ1) is 13.9. The van der Waals surface area contributed by atoms with Gasteiger partial charge in [0, 0.05) is 17.3 Å². The van der Waals surface area contributed by atoms with Gasteiger partial charge in [-0.25, -0.2) is 4.39 Å². The maximum Gasteiger partial charge on any atom is 0.238 e. The topological polar surface area (TPSA) is 59.2 Å². The second-order valence-electron chi connectivity index (χ2n) is 6.68. The number of halogens is 1. The zero-order chi connectivity index (χ0) is 21.0. The lowest BCUT2D eigenvalue weighted by atomic mass is 10.1. The van der Waals surface area contributed by atoms with Crippen LogP contribution in [0.25, 0.3) is 11.5 Å². The van der Waals surface area contributed by atoms with E-state index < -0.39 is 5.82 Å². The number of nitrogens with zero attached hydrogens (tertiary/aromatic N) is 1. The summed E-state index contributed by atoms with van der Waals surface area (Å²) in [7, 11) is 0. The van der Waals surface area contributed by atoms with Crippen molar-refractivity contribution in [1.29, 1.82) is 0 Å². The van der Waals surface area contributed by atoms with Crippen LogP contribution in [-0.4, -0.2) is 10.1 Å². The van der Waals surface area contributed by atoms with Gasteiger partial charge < -0.3 is 15.5 Å². The van der Waals surface area contributed by atoms with E-state index >= 15 is 0 Å². The number of aromatic nitrogens is 1. The summed E-state index contributed by atoms with van der Waals surface area (Å²) >= 11 is 5.61. The minimum atomic E-state index is -0.422. The Morgan fingerprint density at radius 3 is 2.34 bits per heavy atom. The highest BCUT2D eigenvalue weighted by molar-refractivity contribution is 7.81. The Kier molecular flexibility index (Phi) is 6.36. The Bertz CT molecular complexity index is 1060. The van der Waals surface area contributed by atoms with Gasteiger partial charge >= 0.3 is 0 Å². The van der Waals surface area contributed by atoms with Crippen LogP contribution >= 0.6 is 12.2 Å².